The lowest BCUT2D eigenvalue weighted by Crippen LogP contribution is -2.11. The highest BCUT2D eigenvalue weighted by Crippen LogP contribution is 2.05. The van der Waals surface area contributed by atoms with Gasteiger partial charge in [0.05, 0.1) is 0 Å². The summed E-state index contributed by atoms with van der Waals surface area (Å²) in [5.41, 5.74) is 5.41. The molecule has 12 heavy (non-hydrogen) atoms. The van der Waals surface area contributed by atoms with Crippen molar-refractivity contribution in [2.45, 2.75) is 13.3 Å². The zero-order valence-corrected chi connectivity index (χ0v) is 6.87. The molecule has 0 fully saturated rings. The van der Waals surface area contributed by atoms with E-state index in [4.69, 9.17) is 5.73 Å². The molecule has 1 amide bonds. The summed E-state index contributed by atoms with van der Waals surface area (Å²) >= 11 is 0. The average Bonchev–Trinajstić information content (AvgIpc) is 2.04. The van der Waals surface area contributed by atoms with Crippen LogP contribution in [0.3, 0.4) is 0 Å². The molecule has 1 heterocycles. The van der Waals surface area contributed by atoms with Crippen LogP contribution in [0.15, 0.2) is 18.2 Å². The Hall–Kier alpha value is -1.58. The number of hydrogen-bond acceptors (Lipinski definition) is 3. The van der Waals surface area contributed by atoms with Gasteiger partial charge in [-0.1, -0.05) is 13.0 Å². The lowest BCUT2D eigenvalue weighted by molar-refractivity contribution is -0.115. The van der Waals surface area contributed by atoms with Crippen LogP contribution >= 0.6 is 0 Å². The van der Waals surface area contributed by atoms with Gasteiger partial charge in [0.1, 0.15) is 11.6 Å². The second-order valence-electron chi connectivity index (χ2n) is 2.35. The highest BCUT2D eigenvalue weighted by Gasteiger charge is 1.98. The molecule has 0 aromatic carbocycles. The minimum Gasteiger partial charge on any atom is -0.384 e. The van der Waals surface area contributed by atoms with Gasteiger partial charge in [-0.2, -0.15) is 0 Å². The first-order valence-corrected chi connectivity index (χ1v) is 3.74. The van der Waals surface area contributed by atoms with Gasteiger partial charge in [0, 0.05) is 6.42 Å². The summed E-state index contributed by atoms with van der Waals surface area (Å²) < 4.78 is 0. The Morgan fingerprint density at radius 3 is 3.00 bits per heavy atom. The van der Waals surface area contributed by atoms with Crippen LogP contribution in [0.25, 0.3) is 0 Å². The maximum Gasteiger partial charge on any atom is 0.225 e. The second kappa shape index (κ2) is 3.71. The van der Waals surface area contributed by atoms with E-state index in [2.05, 4.69) is 10.3 Å². The number of hydrogen-bond donors (Lipinski definition) is 2. The average molecular weight is 165 g/mol. The number of anilines is 2. The van der Waals surface area contributed by atoms with E-state index in [9.17, 15) is 4.79 Å². The van der Waals surface area contributed by atoms with Crippen LogP contribution in [-0.4, -0.2) is 10.9 Å². The minimum atomic E-state index is -0.0619. The van der Waals surface area contributed by atoms with Crippen molar-refractivity contribution in [3.8, 4) is 0 Å². The quantitative estimate of drug-likeness (QED) is 0.687. The lowest BCUT2D eigenvalue weighted by atomic mass is 10.4. The monoisotopic (exact) mass is 165 g/mol. The molecule has 0 aliphatic heterocycles. The van der Waals surface area contributed by atoms with Crippen LogP contribution in [0.5, 0.6) is 0 Å². The fourth-order valence-corrected chi connectivity index (χ4v) is 0.752. The number of nitrogens with two attached hydrogens (primary N) is 1. The standard InChI is InChI=1S/C8H11N3O/c1-2-8(12)11-7-5-3-4-6(9)10-7/h3-5H,2H2,1H3,(H3,9,10,11,12). The van der Waals surface area contributed by atoms with Crippen LogP contribution in [-0.2, 0) is 4.79 Å². The molecule has 1 aromatic heterocycles. The van der Waals surface area contributed by atoms with Gasteiger partial charge in [-0.05, 0) is 12.1 Å². The van der Waals surface area contributed by atoms with E-state index in [1.54, 1.807) is 25.1 Å². The second-order valence-corrected chi connectivity index (χ2v) is 2.35. The summed E-state index contributed by atoms with van der Waals surface area (Å²) in [7, 11) is 0. The molecule has 0 spiro atoms. The van der Waals surface area contributed by atoms with E-state index >= 15 is 0 Å². The van der Waals surface area contributed by atoms with Crippen LogP contribution in [0.4, 0.5) is 11.6 Å². The van der Waals surface area contributed by atoms with Gasteiger partial charge >= 0.3 is 0 Å². The Labute approximate surface area is 70.8 Å². The van der Waals surface area contributed by atoms with Crippen molar-refractivity contribution in [1.82, 2.24) is 4.98 Å². The smallest absolute Gasteiger partial charge is 0.225 e. The minimum absolute atomic E-state index is 0.0619. The number of rotatable bonds is 2. The molecular weight excluding hydrogens is 154 g/mol. The van der Waals surface area contributed by atoms with E-state index in [-0.39, 0.29) is 5.91 Å². The molecule has 4 heteroatoms. The van der Waals surface area contributed by atoms with Gasteiger partial charge in [-0.15, -0.1) is 0 Å². The van der Waals surface area contributed by atoms with Crippen LogP contribution in [0.1, 0.15) is 13.3 Å². The number of pyridine rings is 1. The first kappa shape index (κ1) is 8.52. The van der Waals surface area contributed by atoms with E-state index in [1.165, 1.54) is 0 Å². The molecule has 0 unspecified atom stereocenters. The summed E-state index contributed by atoms with van der Waals surface area (Å²) in [4.78, 5) is 14.8. The Morgan fingerprint density at radius 1 is 1.67 bits per heavy atom. The normalized spacial score (nSPS) is 9.42. The van der Waals surface area contributed by atoms with Crippen molar-refractivity contribution in [2.75, 3.05) is 11.1 Å². The molecular formula is C8H11N3O. The van der Waals surface area contributed by atoms with Crippen molar-refractivity contribution in [3.63, 3.8) is 0 Å². The number of amides is 1. The largest absolute Gasteiger partial charge is 0.384 e. The van der Waals surface area contributed by atoms with Crippen molar-refractivity contribution in [1.29, 1.82) is 0 Å². The van der Waals surface area contributed by atoms with Gasteiger partial charge < -0.3 is 11.1 Å². The van der Waals surface area contributed by atoms with E-state index < -0.39 is 0 Å². The predicted molar refractivity (Wildman–Crippen MR) is 47.6 cm³/mol. The van der Waals surface area contributed by atoms with E-state index in [0.29, 0.717) is 18.1 Å². The predicted octanol–water partition coefficient (Wildman–Crippen LogP) is 1.01. The molecule has 0 bridgehead atoms. The molecule has 0 atom stereocenters. The summed E-state index contributed by atoms with van der Waals surface area (Å²) in [5, 5.41) is 2.60. The Bertz CT molecular complexity index is 285. The van der Waals surface area contributed by atoms with Gasteiger partial charge in [0.15, 0.2) is 0 Å². The summed E-state index contributed by atoms with van der Waals surface area (Å²) in [5.74, 6) is 0.846. The molecule has 64 valence electrons. The zero-order valence-electron chi connectivity index (χ0n) is 6.87. The lowest BCUT2D eigenvalue weighted by Gasteiger charge is -2.01. The third-order valence-electron chi connectivity index (χ3n) is 1.36. The van der Waals surface area contributed by atoms with Crippen LogP contribution < -0.4 is 11.1 Å². The fraction of sp³-hybridized carbons (Fsp3) is 0.250. The van der Waals surface area contributed by atoms with Crippen molar-refractivity contribution in [2.24, 2.45) is 0 Å². The maximum atomic E-state index is 10.9. The number of nitrogen functional groups attached to an aromatic ring is 1. The third-order valence-corrected chi connectivity index (χ3v) is 1.36. The molecule has 0 aliphatic rings. The number of nitrogens with zero attached hydrogens (tertiary/aromatic N) is 1. The highest BCUT2D eigenvalue weighted by molar-refractivity contribution is 5.89. The number of nitrogens with one attached hydrogen (secondary N) is 1. The molecule has 4 nitrogen and oxygen atoms in total. The van der Waals surface area contributed by atoms with Crippen molar-refractivity contribution >= 4 is 17.5 Å². The topological polar surface area (TPSA) is 68.0 Å². The van der Waals surface area contributed by atoms with Crippen LogP contribution in [0.2, 0.25) is 0 Å². The molecule has 1 rings (SSSR count). The van der Waals surface area contributed by atoms with Crippen molar-refractivity contribution in [3.05, 3.63) is 18.2 Å². The zero-order chi connectivity index (χ0) is 8.97. The van der Waals surface area contributed by atoms with Crippen molar-refractivity contribution < 1.29 is 4.79 Å². The molecule has 0 saturated heterocycles. The molecule has 0 aliphatic carbocycles. The van der Waals surface area contributed by atoms with E-state index in [0.717, 1.165) is 0 Å². The Kier molecular flexibility index (Phi) is 2.63. The van der Waals surface area contributed by atoms with E-state index in [1.807, 2.05) is 0 Å². The number of carbonyl (C=O) groups is 1. The highest BCUT2D eigenvalue weighted by atomic mass is 16.1. The summed E-state index contributed by atoms with van der Waals surface area (Å²) in [6.07, 6.45) is 0.441. The molecule has 1 aromatic rings. The SMILES string of the molecule is CCC(=O)Nc1cccc(N)n1. The van der Waals surface area contributed by atoms with Gasteiger partial charge in [-0.3, -0.25) is 4.79 Å². The summed E-state index contributed by atoms with van der Waals surface area (Å²) in [6.45, 7) is 1.78. The molecule has 3 N–H and O–H groups in total. The van der Waals surface area contributed by atoms with Gasteiger partial charge in [0.25, 0.3) is 0 Å². The number of carbonyl (C=O) groups excluding carboxylic acids is 1. The molecule has 0 radical (unpaired) electrons. The molecule has 0 saturated carbocycles. The Morgan fingerprint density at radius 2 is 2.42 bits per heavy atom. The van der Waals surface area contributed by atoms with Gasteiger partial charge in [-0.25, -0.2) is 4.98 Å². The fourth-order valence-electron chi connectivity index (χ4n) is 0.752. The third kappa shape index (κ3) is 2.23. The first-order chi connectivity index (χ1) is 5.72. The summed E-state index contributed by atoms with van der Waals surface area (Å²) in [6, 6.07) is 5.11. The maximum absolute atomic E-state index is 10.9. The van der Waals surface area contributed by atoms with Gasteiger partial charge in [0.2, 0.25) is 5.91 Å². The number of aromatic nitrogens is 1. The van der Waals surface area contributed by atoms with Crippen LogP contribution in [0, 0.1) is 0 Å². The Balaban J connectivity index is 2.69. The first-order valence-electron chi connectivity index (χ1n) is 3.74.